The molecular formula is C24H21F3N4O. The lowest BCUT2D eigenvalue weighted by atomic mass is 9.74. The number of imidazole rings is 1. The van der Waals surface area contributed by atoms with E-state index in [1.54, 1.807) is 29.1 Å². The van der Waals surface area contributed by atoms with Crippen LogP contribution >= 0.6 is 0 Å². The van der Waals surface area contributed by atoms with Gasteiger partial charge in [0.1, 0.15) is 29.8 Å². The monoisotopic (exact) mass is 438 g/mol. The van der Waals surface area contributed by atoms with E-state index in [9.17, 15) is 18.0 Å². The lowest BCUT2D eigenvalue weighted by molar-refractivity contribution is -0.123. The van der Waals surface area contributed by atoms with Gasteiger partial charge in [-0.25, -0.2) is 18.2 Å². The van der Waals surface area contributed by atoms with E-state index >= 15 is 0 Å². The molecule has 32 heavy (non-hydrogen) atoms. The summed E-state index contributed by atoms with van der Waals surface area (Å²) < 4.78 is 43.7. The predicted octanol–water partition coefficient (Wildman–Crippen LogP) is 4.82. The maximum Gasteiger partial charge on any atom is 0.240 e. The van der Waals surface area contributed by atoms with E-state index in [4.69, 9.17) is 0 Å². The molecule has 8 heteroatoms. The topological polar surface area (TPSA) is 62.7 Å². The third-order valence-electron chi connectivity index (χ3n) is 6.15. The maximum absolute atomic E-state index is 14.5. The zero-order valence-electron chi connectivity index (χ0n) is 17.3. The van der Waals surface area contributed by atoms with E-state index in [2.05, 4.69) is 15.3 Å². The highest BCUT2D eigenvalue weighted by Crippen LogP contribution is 2.45. The molecule has 0 radical (unpaired) electrons. The Kier molecular flexibility index (Phi) is 5.00. The number of halogens is 3. The Labute approximate surface area is 182 Å². The Hall–Kier alpha value is -3.55. The second-order valence-corrected chi connectivity index (χ2v) is 8.27. The van der Waals surface area contributed by atoms with E-state index in [1.165, 1.54) is 18.2 Å². The zero-order valence-corrected chi connectivity index (χ0v) is 17.3. The summed E-state index contributed by atoms with van der Waals surface area (Å²) in [6.45, 7) is 2.02. The number of aromatic nitrogens is 3. The number of rotatable bonds is 5. The first-order valence-electron chi connectivity index (χ1n) is 10.4. The molecule has 4 aromatic rings. The highest BCUT2D eigenvalue weighted by atomic mass is 19.1. The zero-order chi connectivity index (χ0) is 22.4. The van der Waals surface area contributed by atoms with Crippen molar-refractivity contribution in [1.82, 2.24) is 19.9 Å². The summed E-state index contributed by atoms with van der Waals surface area (Å²) in [7, 11) is 0. The van der Waals surface area contributed by atoms with Crippen molar-refractivity contribution in [2.24, 2.45) is 0 Å². The van der Waals surface area contributed by atoms with Crippen molar-refractivity contribution >= 4 is 16.8 Å². The number of amides is 1. The number of benzene rings is 2. The molecule has 1 saturated carbocycles. The Morgan fingerprint density at radius 3 is 2.59 bits per heavy atom. The summed E-state index contributed by atoms with van der Waals surface area (Å²) in [4.78, 5) is 19.6. The van der Waals surface area contributed by atoms with Gasteiger partial charge < -0.3 is 14.9 Å². The summed E-state index contributed by atoms with van der Waals surface area (Å²) in [5.74, 6) is -1.04. The predicted molar refractivity (Wildman–Crippen MR) is 114 cm³/mol. The summed E-state index contributed by atoms with van der Waals surface area (Å²) in [6, 6.07) is 8.05. The molecule has 1 amide bonds. The van der Waals surface area contributed by atoms with E-state index in [0.717, 1.165) is 17.5 Å². The molecule has 0 spiro atoms. The van der Waals surface area contributed by atoms with Gasteiger partial charge in [0.25, 0.3) is 0 Å². The van der Waals surface area contributed by atoms with Crippen LogP contribution in [0.25, 0.3) is 22.2 Å². The Morgan fingerprint density at radius 2 is 1.91 bits per heavy atom. The molecule has 164 valence electrons. The first-order valence-corrected chi connectivity index (χ1v) is 10.4. The van der Waals surface area contributed by atoms with Gasteiger partial charge >= 0.3 is 0 Å². The Morgan fingerprint density at radius 1 is 1.16 bits per heavy atom. The van der Waals surface area contributed by atoms with Gasteiger partial charge in [0.05, 0.1) is 11.2 Å². The smallest absolute Gasteiger partial charge is 0.240 e. The van der Waals surface area contributed by atoms with Gasteiger partial charge in [-0.3, -0.25) is 4.79 Å². The molecule has 1 aliphatic rings. The van der Waals surface area contributed by atoms with Crippen LogP contribution in [0.2, 0.25) is 0 Å². The van der Waals surface area contributed by atoms with Crippen LogP contribution in [-0.4, -0.2) is 26.5 Å². The second kappa shape index (κ2) is 7.85. The molecule has 1 aliphatic carbocycles. The van der Waals surface area contributed by atoms with Crippen molar-refractivity contribution < 1.29 is 18.0 Å². The fourth-order valence-corrected chi connectivity index (χ4v) is 4.48. The van der Waals surface area contributed by atoms with Crippen LogP contribution in [0.4, 0.5) is 13.2 Å². The fourth-order valence-electron chi connectivity index (χ4n) is 4.48. The van der Waals surface area contributed by atoms with Gasteiger partial charge in [-0.2, -0.15) is 0 Å². The molecule has 5 rings (SSSR count). The average molecular weight is 438 g/mol. The standard InChI is InChI=1S/C24H21F3N4O/c1-13-28-6-7-31(13)12-21(32)29-18-8-15(9-18)22-19-10-17(26)11-20(27)24(19)30-23(22)14-2-4-16(25)5-3-14/h2-7,10-11,15,18,30H,8-9,12H2,1H3,(H,29,32). The first kappa shape index (κ1) is 20.4. The maximum atomic E-state index is 14.5. The molecule has 2 aromatic carbocycles. The van der Waals surface area contributed by atoms with Crippen LogP contribution in [0.3, 0.4) is 0 Å². The number of carbonyl (C=O) groups excluding carboxylic acids is 1. The number of hydrogen-bond donors (Lipinski definition) is 2. The molecule has 2 N–H and O–H groups in total. The molecule has 0 saturated heterocycles. The highest BCUT2D eigenvalue weighted by molar-refractivity contribution is 5.92. The summed E-state index contributed by atoms with van der Waals surface area (Å²) in [5, 5.41) is 3.49. The van der Waals surface area contributed by atoms with Crippen molar-refractivity contribution in [2.45, 2.75) is 38.3 Å². The number of carbonyl (C=O) groups is 1. The van der Waals surface area contributed by atoms with Crippen molar-refractivity contribution in [3.8, 4) is 11.3 Å². The minimum absolute atomic E-state index is 0.00489. The number of hydrogen-bond acceptors (Lipinski definition) is 2. The van der Waals surface area contributed by atoms with Crippen LogP contribution in [0.5, 0.6) is 0 Å². The van der Waals surface area contributed by atoms with E-state index in [1.807, 2.05) is 6.92 Å². The fraction of sp³-hybridized carbons (Fsp3) is 0.250. The van der Waals surface area contributed by atoms with Crippen molar-refractivity contribution in [3.05, 3.63) is 77.6 Å². The highest BCUT2D eigenvalue weighted by Gasteiger charge is 2.35. The van der Waals surface area contributed by atoms with Gasteiger partial charge in [-0.05, 0) is 67.1 Å². The summed E-state index contributed by atoms with van der Waals surface area (Å²) >= 11 is 0. The lowest BCUT2D eigenvalue weighted by Crippen LogP contribution is -2.44. The normalized spacial score (nSPS) is 18.0. The number of fused-ring (bicyclic) bond motifs is 1. The van der Waals surface area contributed by atoms with E-state index in [0.29, 0.717) is 29.5 Å². The van der Waals surface area contributed by atoms with Crippen LogP contribution in [0, 0.1) is 24.4 Å². The van der Waals surface area contributed by atoms with Crippen LogP contribution in [0.1, 0.15) is 30.1 Å². The molecule has 2 heterocycles. The Bertz CT molecular complexity index is 1300. The molecule has 0 atom stereocenters. The molecule has 1 fully saturated rings. The van der Waals surface area contributed by atoms with Gasteiger partial charge in [-0.15, -0.1) is 0 Å². The number of aromatic amines is 1. The van der Waals surface area contributed by atoms with E-state index < -0.39 is 11.6 Å². The third-order valence-corrected chi connectivity index (χ3v) is 6.15. The molecule has 2 aromatic heterocycles. The van der Waals surface area contributed by atoms with Crippen molar-refractivity contribution in [2.75, 3.05) is 0 Å². The molecular weight excluding hydrogens is 417 g/mol. The van der Waals surface area contributed by atoms with Gasteiger partial charge in [0, 0.05) is 29.9 Å². The quantitative estimate of drug-likeness (QED) is 0.469. The second-order valence-electron chi connectivity index (χ2n) is 8.27. The van der Waals surface area contributed by atoms with Crippen molar-refractivity contribution in [3.63, 3.8) is 0 Å². The molecule has 0 bridgehead atoms. The Balaban J connectivity index is 1.40. The molecule has 0 unspecified atom stereocenters. The SMILES string of the molecule is Cc1nccn1CC(=O)NC1CC(c2c(-c3ccc(F)cc3)[nH]c3c(F)cc(F)cc23)C1. The number of nitrogens with zero attached hydrogens (tertiary/aromatic N) is 2. The minimum Gasteiger partial charge on any atom is -0.352 e. The third kappa shape index (κ3) is 3.66. The number of nitrogens with one attached hydrogen (secondary N) is 2. The van der Waals surface area contributed by atoms with Crippen LogP contribution in [-0.2, 0) is 11.3 Å². The van der Waals surface area contributed by atoms with Gasteiger partial charge in [0.2, 0.25) is 5.91 Å². The lowest BCUT2D eigenvalue weighted by Gasteiger charge is -2.36. The van der Waals surface area contributed by atoms with Crippen LogP contribution in [0.15, 0.2) is 48.8 Å². The summed E-state index contributed by atoms with van der Waals surface area (Å²) in [6.07, 6.45) is 4.69. The van der Waals surface area contributed by atoms with Crippen LogP contribution < -0.4 is 5.32 Å². The van der Waals surface area contributed by atoms with E-state index in [-0.39, 0.29) is 35.7 Å². The van der Waals surface area contributed by atoms with Gasteiger partial charge in [-0.1, -0.05) is 0 Å². The minimum atomic E-state index is -0.672. The van der Waals surface area contributed by atoms with Gasteiger partial charge in [0.15, 0.2) is 0 Å². The molecule has 0 aliphatic heterocycles. The molecule has 5 nitrogen and oxygen atoms in total. The van der Waals surface area contributed by atoms with Crippen molar-refractivity contribution in [1.29, 1.82) is 0 Å². The number of H-pyrrole nitrogens is 1. The first-order chi connectivity index (χ1) is 15.4. The number of aryl methyl sites for hydroxylation is 1. The largest absolute Gasteiger partial charge is 0.352 e. The average Bonchev–Trinajstić information content (AvgIpc) is 3.29. The summed E-state index contributed by atoms with van der Waals surface area (Å²) in [5.41, 5.74) is 2.36.